The van der Waals surface area contributed by atoms with Crippen molar-refractivity contribution >= 4 is 17.7 Å². The van der Waals surface area contributed by atoms with Gasteiger partial charge in [0.2, 0.25) is 0 Å². The Balaban J connectivity index is 1.95. The number of thioether (sulfide) groups is 1. The van der Waals surface area contributed by atoms with E-state index in [1.54, 1.807) is 18.2 Å². The lowest BCUT2D eigenvalue weighted by Crippen LogP contribution is -2.11. The molecule has 0 unspecified atom stereocenters. The highest BCUT2D eigenvalue weighted by Crippen LogP contribution is 2.28. The van der Waals surface area contributed by atoms with Crippen molar-refractivity contribution in [2.24, 2.45) is 0 Å². The van der Waals surface area contributed by atoms with Gasteiger partial charge >= 0.3 is 5.97 Å². The molecule has 0 saturated carbocycles. The van der Waals surface area contributed by atoms with Crippen molar-refractivity contribution < 1.29 is 19.4 Å². The highest BCUT2D eigenvalue weighted by atomic mass is 32.2. The summed E-state index contributed by atoms with van der Waals surface area (Å²) in [7, 11) is 0. The summed E-state index contributed by atoms with van der Waals surface area (Å²) in [6.07, 6.45) is 1.84. The minimum atomic E-state index is -0.987. The molecule has 0 aliphatic carbocycles. The Morgan fingerprint density at radius 1 is 1.05 bits per heavy atom. The summed E-state index contributed by atoms with van der Waals surface area (Å²) < 4.78 is 11.1. The van der Waals surface area contributed by atoms with Crippen LogP contribution in [0.25, 0.3) is 0 Å². The largest absolute Gasteiger partial charge is 0.490 e. The average molecular weight is 304 g/mol. The Bertz CT molecular complexity index is 598. The Hall–Kier alpha value is -2.14. The standard InChI is InChI=1S/C16H16O4S/c1-21-14-9-5-8-13(15(14)16(17)18)20-11-10-19-12-6-3-2-4-7-12/h2-9H,10-11H2,1H3,(H,17,18). The highest BCUT2D eigenvalue weighted by molar-refractivity contribution is 7.98. The minimum absolute atomic E-state index is 0.199. The lowest BCUT2D eigenvalue weighted by molar-refractivity contribution is 0.0687. The Kier molecular flexibility index (Phi) is 5.51. The maximum Gasteiger partial charge on any atom is 0.340 e. The maximum atomic E-state index is 11.3. The van der Waals surface area contributed by atoms with Crippen molar-refractivity contribution in [1.29, 1.82) is 0 Å². The zero-order valence-corrected chi connectivity index (χ0v) is 12.4. The molecule has 1 N–H and O–H groups in total. The van der Waals surface area contributed by atoms with Gasteiger partial charge in [0.05, 0.1) is 0 Å². The third kappa shape index (κ3) is 4.16. The van der Waals surface area contributed by atoms with E-state index in [2.05, 4.69) is 0 Å². The molecule has 2 aromatic carbocycles. The van der Waals surface area contributed by atoms with Gasteiger partial charge in [-0.25, -0.2) is 4.79 Å². The summed E-state index contributed by atoms with van der Waals surface area (Å²) in [5, 5.41) is 9.29. The number of hydrogen-bond acceptors (Lipinski definition) is 4. The van der Waals surface area contributed by atoms with Crippen LogP contribution in [-0.4, -0.2) is 30.5 Å². The molecule has 4 nitrogen and oxygen atoms in total. The van der Waals surface area contributed by atoms with Crippen LogP contribution in [0.5, 0.6) is 11.5 Å². The molecule has 0 saturated heterocycles. The molecule has 0 aromatic heterocycles. The summed E-state index contributed by atoms with van der Waals surface area (Å²) in [6.45, 7) is 0.638. The number of ether oxygens (including phenoxy) is 2. The van der Waals surface area contributed by atoms with Crippen LogP contribution in [0.3, 0.4) is 0 Å². The summed E-state index contributed by atoms with van der Waals surface area (Å²) in [5.41, 5.74) is 0.199. The molecule has 21 heavy (non-hydrogen) atoms. The van der Waals surface area contributed by atoms with Crippen molar-refractivity contribution in [3.8, 4) is 11.5 Å². The third-order valence-electron chi connectivity index (χ3n) is 2.77. The van der Waals surface area contributed by atoms with Gasteiger partial charge in [-0.15, -0.1) is 11.8 Å². The van der Waals surface area contributed by atoms with Gasteiger partial charge in [-0.05, 0) is 30.5 Å². The van der Waals surface area contributed by atoms with Crippen molar-refractivity contribution in [2.75, 3.05) is 19.5 Å². The number of hydrogen-bond donors (Lipinski definition) is 1. The van der Waals surface area contributed by atoms with Gasteiger partial charge in [0, 0.05) is 4.90 Å². The molecule has 0 aliphatic rings. The molecule has 5 heteroatoms. The SMILES string of the molecule is CSc1cccc(OCCOc2ccccc2)c1C(=O)O. The van der Waals surface area contributed by atoms with Crippen molar-refractivity contribution in [1.82, 2.24) is 0 Å². The van der Waals surface area contributed by atoms with Crippen molar-refractivity contribution in [3.63, 3.8) is 0 Å². The lowest BCUT2D eigenvalue weighted by Gasteiger charge is -2.12. The average Bonchev–Trinajstić information content (AvgIpc) is 2.52. The number of carbonyl (C=O) groups is 1. The van der Waals surface area contributed by atoms with Gasteiger partial charge in [0.25, 0.3) is 0 Å². The van der Waals surface area contributed by atoms with E-state index < -0.39 is 5.97 Å². The maximum absolute atomic E-state index is 11.3. The normalized spacial score (nSPS) is 10.1. The smallest absolute Gasteiger partial charge is 0.340 e. The molecule has 0 atom stereocenters. The molecule has 0 amide bonds. The molecule has 0 spiro atoms. The van der Waals surface area contributed by atoms with E-state index in [4.69, 9.17) is 9.47 Å². The van der Waals surface area contributed by atoms with Crippen LogP contribution < -0.4 is 9.47 Å². The van der Waals surface area contributed by atoms with Gasteiger partial charge in [0.1, 0.15) is 30.3 Å². The molecule has 2 rings (SSSR count). The first-order chi connectivity index (χ1) is 10.2. The lowest BCUT2D eigenvalue weighted by atomic mass is 10.2. The quantitative estimate of drug-likeness (QED) is 0.626. The molecular formula is C16H16O4S. The monoisotopic (exact) mass is 304 g/mol. The van der Waals surface area contributed by atoms with E-state index in [9.17, 15) is 9.90 Å². The number of carboxylic acids is 1. The zero-order valence-electron chi connectivity index (χ0n) is 11.6. The second-order valence-corrected chi connectivity index (χ2v) is 5.00. The Morgan fingerprint density at radius 2 is 1.76 bits per heavy atom. The molecule has 0 bridgehead atoms. The molecular weight excluding hydrogens is 288 g/mol. The fourth-order valence-corrected chi connectivity index (χ4v) is 2.45. The van der Waals surface area contributed by atoms with Gasteiger partial charge in [-0.2, -0.15) is 0 Å². The first-order valence-corrected chi connectivity index (χ1v) is 7.66. The third-order valence-corrected chi connectivity index (χ3v) is 3.55. The second-order valence-electron chi connectivity index (χ2n) is 4.15. The second kappa shape index (κ2) is 7.59. The van der Waals surface area contributed by atoms with Crippen LogP contribution in [0.4, 0.5) is 0 Å². The van der Waals surface area contributed by atoms with E-state index in [0.29, 0.717) is 17.3 Å². The highest BCUT2D eigenvalue weighted by Gasteiger charge is 2.16. The van der Waals surface area contributed by atoms with Crippen LogP contribution in [0.2, 0.25) is 0 Å². The molecule has 110 valence electrons. The van der Waals surface area contributed by atoms with E-state index >= 15 is 0 Å². The predicted octanol–water partition coefficient (Wildman–Crippen LogP) is 3.56. The number of aromatic carboxylic acids is 1. The summed E-state index contributed by atoms with van der Waals surface area (Å²) >= 11 is 1.38. The molecule has 0 fully saturated rings. The van der Waals surface area contributed by atoms with E-state index in [1.807, 2.05) is 36.6 Å². The van der Waals surface area contributed by atoms with Gasteiger partial charge in [-0.3, -0.25) is 0 Å². The van der Waals surface area contributed by atoms with Crippen molar-refractivity contribution in [2.45, 2.75) is 4.90 Å². The van der Waals surface area contributed by atoms with Gasteiger partial charge in [0.15, 0.2) is 0 Å². The predicted molar refractivity (Wildman–Crippen MR) is 82.6 cm³/mol. The van der Waals surface area contributed by atoms with Crippen molar-refractivity contribution in [3.05, 3.63) is 54.1 Å². The summed E-state index contributed by atoms with van der Waals surface area (Å²) in [5.74, 6) is 0.141. The van der Waals surface area contributed by atoms with Gasteiger partial charge < -0.3 is 14.6 Å². The first kappa shape index (κ1) is 15.3. The molecule has 0 aliphatic heterocycles. The van der Waals surface area contributed by atoms with E-state index in [0.717, 1.165) is 5.75 Å². The van der Waals surface area contributed by atoms with Crippen LogP contribution in [0.15, 0.2) is 53.4 Å². The molecule has 2 aromatic rings. The molecule has 0 heterocycles. The Morgan fingerprint density at radius 3 is 2.43 bits per heavy atom. The fraction of sp³-hybridized carbons (Fsp3) is 0.188. The van der Waals surface area contributed by atoms with Crippen LogP contribution in [0, 0.1) is 0 Å². The summed E-state index contributed by atoms with van der Waals surface area (Å²) in [6, 6.07) is 14.6. The van der Waals surface area contributed by atoms with Crippen LogP contribution in [-0.2, 0) is 0 Å². The van der Waals surface area contributed by atoms with Crippen LogP contribution in [0.1, 0.15) is 10.4 Å². The van der Waals surface area contributed by atoms with Gasteiger partial charge in [-0.1, -0.05) is 24.3 Å². The number of para-hydroxylation sites is 1. The number of benzene rings is 2. The zero-order chi connectivity index (χ0) is 15.1. The number of carboxylic acid groups (broad SMARTS) is 1. The minimum Gasteiger partial charge on any atom is -0.490 e. The first-order valence-electron chi connectivity index (χ1n) is 6.43. The Labute approximate surface area is 127 Å². The summed E-state index contributed by atoms with van der Waals surface area (Å²) in [4.78, 5) is 12.0. The topological polar surface area (TPSA) is 55.8 Å². The van der Waals surface area contributed by atoms with E-state index in [-0.39, 0.29) is 12.2 Å². The van der Waals surface area contributed by atoms with Crippen LogP contribution >= 0.6 is 11.8 Å². The molecule has 0 radical (unpaired) electrons. The fourth-order valence-electron chi connectivity index (χ4n) is 1.84. The number of rotatable bonds is 7. The van der Waals surface area contributed by atoms with E-state index in [1.165, 1.54) is 11.8 Å².